The molecule has 0 amide bonds. The third-order valence-electron chi connectivity index (χ3n) is 0.709. The summed E-state index contributed by atoms with van der Waals surface area (Å²) in [6.07, 6.45) is 3.90. The molecule has 102 valence electrons. The Kier molecular flexibility index (Phi) is 72.9. The number of allylic oxidation sites excluding steroid dienone is 1. The van der Waals surface area contributed by atoms with Gasteiger partial charge in [0.15, 0.2) is 0 Å². The summed E-state index contributed by atoms with van der Waals surface area (Å²) in [4.78, 5) is 0. The van der Waals surface area contributed by atoms with Crippen LogP contribution in [-0.4, -0.2) is 18.7 Å². The molecule has 4 heteroatoms. The molecule has 0 bridgehead atoms. The van der Waals surface area contributed by atoms with E-state index in [1.54, 1.807) is 6.08 Å². The quantitative estimate of drug-likeness (QED) is 0.582. The van der Waals surface area contributed by atoms with Gasteiger partial charge in [0.25, 0.3) is 10.1 Å². The monoisotopic (exact) mass is 246 g/mol. The standard InChI is InChI=1S/C5H10O3S.6CH4/c1-2-3-4-5-9(6,7)8;;;;;;/h3-4H,2,5H2,1H3,(H,6,7,8);6*1H4/b4-3-;;;;;;. The first kappa shape index (κ1) is 46.6. The fourth-order valence-corrected chi connectivity index (χ4v) is 0.736. The fraction of sp³-hybridized carbons (Fsp3) is 0.818. The molecule has 0 aliphatic heterocycles. The van der Waals surface area contributed by atoms with Gasteiger partial charge in [0.1, 0.15) is 0 Å². The highest BCUT2D eigenvalue weighted by atomic mass is 32.2. The summed E-state index contributed by atoms with van der Waals surface area (Å²) in [5, 5.41) is 0. The SMILES string of the molecule is C.C.C.C.C.C.CC/C=C\CS(=O)(=O)O. The fourth-order valence-electron chi connectivity index (χ4n) is 0.356. The van der Waals surface area contributed by atoms with Crippen molar-refractivity contribution in [1.29, 1.82) is 0 Å². The van der Waals surface area contributed by atoms with Gasteiger partial charge >= 0.3 is 0 Å². The predicted molar refractivity (Wildman–Crippen MR) is 76.2 cm³/mol. The minimum absolute atomic E-state index is 0. The smallest absolute Gasteiger partial charge is 0.268 e. The molecule has 0 fully saturated rings. The third kappa shape index (κ3) is 58.0. The highest BCUT2D eigenvalue weighted by Gasteiger charge is 1.97. The van der Waals surface area contributed by atoms with Crippen LogP contribution in [0, 0.1) is 0 Å². The average Bonchev–Trinajstić information content (AvgIpc) is 1.63. The van der Waals surface area contributed by atoms with Gasteiger partial charge < -0.3 is 0 Å². The molecule has 0 aliphatic rings. The Labute approximate surface area is 99.4 Å². The van der Waals surface area contributed by atoms with E-state index in [1.807, 2.05) is 6.92 Å². The molecule has 0 aliphatic carbocycles. The largest absolute Gasteiger partial charge is 0.285 e. The second-order valence-corrected chi connectivity index (χ2v) is 3.13. The van der Waals surface area contributed by atoms with Crippen molar-refractivity contribution < 1.29 is 13.0 Å². The van der Waals surface area contributed by atoms with E-state index >= 15 is 0 Å². The molecule has 0 unspecified atom stereocenters. The maximum Gasteiger partial charge on any atom is 0.268 e. The van der Waals surface area contributed by atoms with Crippen LogP contribution in [0.5, 0.6) is 0 Å². The zero-order valence-electron chi connectivity index (χ0n) is 5.24. The maximum absolute atomic E-state index is 10.0. The van der Waals surface area contributed by atoms with Crippen LogP contribution < -0.4 is 0 Å². The number of rotatable bonds is 3. The summed E-state index contributed by atoms with van der Waals surface area (Å²) >= 11 is 0. The minimum atomic E-state index is -3.78. The Morgan fingerprint density at radius 2 is 1.27 bits per heavy atom. The first-order chi connectivity index (χ1) is 4.06. The van der Waals surface area contributed by atoms with Crippen LogP contribution in [0.15, 0.2) is 12.2 Å². The molecular weight excluding hydrogens is 212 g/mol. The highest BCUT2D eigenvalue weighted by Crippen LogP contribution is 1.85. The molecule has 0 spiro atoms. The van der Waals surface area contributed by atoms with Crippen molar-refractivity contribution in [1.82, 2.24) is 0 Å². The van der Waals surface area contributed by atoms with E-state index in [2.05, 4.69) is 0 Å². The van der Waals surface area contributed by atoms with Crippen molar-refractivity contribution in [3.05, 3.63) is 12.2 Å². The summed E-state index contributed by atoms with van der Waals surface area (Å²) in [6.45, 7) is 1.89. The molecule has 15 heavy (non-hydrogen) atoms. The van der Waals surface area contributed by atoms with E-state index in [0.717, 1.165) is 6.42 Å². The van der Waals surface area contributed by atoms with E-state index in [4.69, 9.17) is 4.55 Å². The molecule has 0 radical (unpaired) electrons. The van der Waals surface area contributed by atoms with Gasteiger partial charge in [-0.3, -0.25) is 4.55 Å². The van der Waals surface area contributed by atoms with Crippen molar-refractivity contribution in [2.24, 2.45) is 0 Å². The Hall–Kier alpha value is -0.350. The molecule has 0 aromatic rings. The minimum Gasteiger partial charge on any atom is -0.285 e. The Morgan fingerprint density at radius 1 is 0.933 bits per heavy atom. The van der Waals surface area contributed by atoms with Crippen molar-refractivity contribution in [3.8, 4) is 0 Å². The van der Waals surface area contributed by atoms with Crippen molar-refractivity contribution in [2.75, 3.05) is 5.75 Å². The molecule has 0 rings (SSSR count). The van der Waals surface area contributed by atoms with Crippen LogP contribution in [0.2, 0.25) is 0 Å². The summed E-state index contributed by atoms with van der Waals surface area (Å²) in [6, 6.07) is 0. The Morgan fingerprint density at radius 3 is 1.47 bits per heavy atom. The van der Waals surface area contributed by atoms with Crippen molar-refractivity contribution >= 4 is 10.1 Å². The predicted octanol–water partition coefficient (Wildman–Crippen LogP) is 4.66. The van der Waals surface area contributed by atoms with Crippen LogP contribution in [0.1, 0.15) is 57.9 Å². The maximum atomic E-state index is 10.0. The second kappa shape index (κ2) is 23.5. The van der Waals surface area contributed by atoms with E-state index in [1.165, 1.54) is 6.08 Å². The van der Waals surface area contributed by atoms with Crippen molar-refractivity contribution in [2.45, 2.75) is 57.9 Å². The van der Waals surface area contributed by atoms with Crippen LogP contribution in [0.25, 0.3) is 0 Å². The average molecular weight is 246 g/mol. The van der Waals surface area contributed by atoms with Crippen LogP contribution in [0.3, 0.4) is 0 Å². The Balaban J connectivity index is -0.0000000213. The van der Waals surface area contributed by atoms with E-state index < -0.39 is 10.1 Å². The molecule has 1 N–H and O–H groups in total. The Bertz CT molecular complexity index is 182. The van der Waals surface area contributed by atoms with Gasteiger partial charge in [-0.05, 0) is 6.42 Å². The van der Waals surface area contributed by atoms with Gasteiger partial charge in [-0.2, -0.15) is 8.42 Å². The molecule has 0 aromatic heterocycles. The highest BCUT2D eigenvalue weighted by molar-refractivity contribution is 7.85. The van der Waals surface area contributed by atoms with Crippen LogP contribution >= 0.6 is 0 Å². The van der Waals surface area contributed by atoms with Gasteiger partial charge in [0.05, 0.1) is 5.75 Å². The van der Waals surface area contributed by atoms with Crippen molar-refractivity contribution in [3.63, 3.8) is 0 Å². The lowest BCUT2D eigenvalue weighted by Gasteiger charge is -1.85. The molecule has 3 nitrogen and oxygen atoms in total. The summed E-state index contributed by atoms with van der Waals surface area (Å²) in [7, 11) is -3.78. The van der Waals surface area contributed by atoms with Gasteiger partial charge in [0.2, 0.25) is 0 Å². The lowest BCUT2D eigenvalue weighted by atomic mass is 10.4. The summed E-state index contributed by atoms with van der Waals surface area (Å²) in [5.74, 6) is -0.277. The lowest BCUT2D eigenvalue weighted by Crippen LogP contribution is -1.99. The lowest BCUT2D eigenvalue weighted by molar-refractivity contribution is 0.486. The first-order valence-corrected chi connectivity index (χ1v) is 4.27. The van der Waals surface area contributed by atoms with E-state index in [0.29, 0.717) is 0 Å². The molecule has 0 saturated heterocycles. The summed E-state index contributed by atoms with van der Waals surface area (Å²) in [5.41, 5.74) is 0. The van der Waals surface area contributed by atoms with E-state index in [9.17, 15) is 8.42 Å². The molecule has 0 aromatic carbocycles. The van der Waals surface area contributed by atoms with Crippen LogP contribution in [0.4, 0.5) is 0 Å². The normalized spacial score (nSPS) is 7.60. The van der Waals surface area contributed by atoms with Gasteiger partial charge in [-0.15, -0.1) is 0 Å². The van der Waals surface area contributed by atoms with Gasteiger partial charge in [0, 0.05) is 0 Å². The topological polar surface area (TPSA) is 54.4 Å². The molecule has 0 atom stereocenters. The zero-order valence-corrected chi connectivity index (χ0v) is 6.06. The molecule has 0 heterocycles. The zero-order chi connectivity index (χ0) is 7.33. The number of hydrogen-bond donors (Lipinski definition) is 1. The van der Waals surface area contributed by atoms with Crippen LogP contribution in [-0.2, 0) is 10.1 Å². The summed E-state index contributed by atoms with van der Waals surface area (Å²) < 4.78 is 28.2. The van der Waals surface area contributed by atoms with Gasteiger partial charge in [-0.1, -0.05) is 63.6 Å². The van der Waals surface area contributed by atoms with Gasteiger partial charge in [-0.25, -0.2) is 0 Å². The third-order valence-corrected chi connectivity index (χ3v) is 1.32. The first-order valence-electron chi connectivity index (χ1n) is 2.66. The molecular formula is C11H34O3S. The molecule has 0 saturated carbocycles. The van der Waals surface area contributed by atoms with E-state index in [-0.39, 0.29) is 50.3 Å². The number of hydrogen-bond acceptors (Lipinski definition) is 2. The second-order valence-electron chi connectivity index (χ2n) is 1.63.